The summed E-state index contributed by atoms with van der Waals surface area (Å²) in [6.07, 6.45) is 8.59. The van der Waals surface area contributed by atoms with Crippen molar-refractivity contribution in [2.75, 3.05) is 36.0 Å². The number of rotatable bonds is 7. The van der Waals surface area contributed by atoms with E-state index in [2.05, 4.69) is 33.2 Å². The van der Waals surface area contributed by atoms with Crippen LogP contribution in [-0.2, 0) is 24.5 Å². The largest absolute Gasteiger partial charge is 0.508 e. The summed E-state index contributed by atoms with van der Waals surface area (Å²) in [5.74, 6) is 4.11. The van der Waals surface area contributed by atoms with Crippen LogP contribution in [0, 0.1) is 17.8 Å². The number of aromatic nitrogens is 2. The molecule has 11 rings (SSSR count). The van der Waals surface area contributed by atoms with Gasteiger partial charge in [0.15, 0.2) is 0 Å². The number of morpholine rings is 1. The molecule has 5 heterocycles. The lowest BCUT2D eigenvalue weighted by Gasteiger charge is -2.46. The van der Waals surface area contributed by atoms with Crippen molar-refractivity contribution >= 4 is 35.5 Å². The SMILES string of the molecule is CC(NC(=O)N1C(=O)C2(c3cc(C#CC4=CCCCC4)ccc31)C(C(=O)N1CCN(c3ncccn3)CC1)C1C(=O)OC(c3ccccc3)C(c3ccccc3)N1C2c1ccc(O)cc1)c1ccccc1. The Bertz CT molecular complexity index is 3060. The molecule has 5 aliphatic rings. The maximum Gasteiger partial charge on any atom is 0.329 e. The summed E-state index contributed by atoms with van der Waals surface area (Å²) < 4.78 is 6.68. The lowest BCUT2D eigenvalue weighted by molar-refractivity contribution is -0.179. The number of esters is 1. The maximum absolute atomic E-state index is 16.8. The number of nitrogens with one attached hydrogen (secondary N) is 1. The number of imide groups is 1. The van der Waals surface area contributed by atoms with Crippen molar-refractivity contribution < 1.29 is 29.0 Å². The number of nitrogens with zero attached hydrogens (tertiary/aromatic N) is 6. The topological polar surface area (TPSA) is 149 Å². The van der Waals surface area contributed by atoms with Gasteiger partial charge in [-0.25, -0.2) is 19.7 Å². The van der Waals surface area contributed by atoms with Crippen LogP contribution in [0.15, 0.2) is 164 Å². The summed E-state index contributed by atoms with van der Waals surface area (Å²) in [5, 5.41) is 14.0. The van der Waals surface area contributed by atoms with Crippen LogP contribution in [0.25, 0.3) is 0 Å². The third-order valence-corrected chi connectivity index (χ3v) is 14.9. The molecule has 7 unspecified atom stereocenters. The van der Waals surface area contributed by atoms with Crippen LogP contribution < -0.4 is 15.1 Å². The van der Waals surface area contributed by atoms with Gasteiger partial charge in [0.1, 0.15) is 23.3 Å². The molecule has 13 heteroatoms. The van der Waals surface area contributed by atoms with Crippen molar-refractivity contribution in [2.24, 2.45) is 5.92 Å². The number of allylic oxidation sites excluding steroid dienone is 2. The fourth-order valence-electron chi connectivity index (χ4n) is 11.6. The molecular formula is C58H53N7O6. The lowest BCUT2D eigenvalue weighted by Crippen LogP contribution is -2.59. The van der Waals surface area contributed by atoms with Gasteiger partial charge in [0.25, 0.3) is 0 Å². The predicted molar refractivity (Wildman–Crippen MR) is 268 cm³/mol. The molecule has 7 atom stereocenters. The van der Waals surface area contributed by atoms with Crippen molar-refractivity contribution in [1.82, 2.24) is 25.1 Å². The van der Waals surface area contributed by atoms with Crippen LogP contribution in [0.5, 0.6) is 5.75 Å². The summed E-state index contributed by atoms with van der Waals surface area (Å²) in [4.78, 5) is 79.8. The molecule has 4 aliphatic heterocycles. The fourth-order valence-corrected chi connectivity index (χ4v) is 11.6. The van der Waals surface area contributed by atoms with E-state index >= 15 is 19.2 Å². The molecule has 3 fully saturated rings. The number of benzene rings is 5. The van der Waals surface area contributed by atoms with E-state index in [0.29, 0.717) is 35.7 Å². The highest BCUT2D eigenvalue weighted by Crippen LogP contribution is 2.66. The minimum atomic E-state index is -1.96. The van der Waals surface area contributed by atoms with Gasteiger partial charge in [-0.1, -0.05) is 121 Å². The Morgan fingerprint density at radius 2 is 1.44 bits per heavy atom. The minimum absolute atomic E-state index is 0.00584. The number of amides is 4. The van der Waals surface area contributed by atoms with Gasteiger partial charge < -0.3 is 25.0 Å². The summed E-state index contributed by atoms with van der Waals surface area (Å²) in [5.41, 5.74) is 3.25. The number of phenols is 1. The predicted octanol–water partition coefficient (Wildman–Crippen LogP) is 8.52. The Morgan fingerprint density at radius 1 is 0.761 bits per heavy atom. The highest BCUT2D eigenvalue weighted by Gasteiger charge is 2.76. The van der Waals surface area contributed by atoms with Gasteiger partial charge >= 0.3 is 12.0 Å². The zero-order valence-corrected chi connectivity index (χ0v) is 39.3. The third-order valence-electron chi connectivity index (χ3n) is 14.9. The average molecular weight is 944 g/mol. The lowest BCUT2D eigenvalue weighted by atomic mass is 9.64. The highest BCUT2D eigenvalue weighted by atomic mass is 16.6. The number of anilines is 2. The van der Waals surface area contributed by atoms with Crippen molar-refractivity contribution in [3.05, 3.63) is 197 Å². The molecular weight excluding hydrogens is 891 g/mol. The van der Waals surface area contributed by atoms with Crippen LogP contribution in [0.3, 0.4) is 0 Å². The van der Waals surface area contributed by atoms with Gasteiger partial charge in [0.2, 0.25) is 17.8 Å². The molecule has 6 aromatic rings. The van der Waals surface area contributed by atoms with Gasteiger partial charge in [0.05, 0.1) is 29.7 Å². The Labute approximate surface area is 412 Å². The number of hydrogen-bond donors (Lipinski definition) is 2. The van der Waals surface area contributed by atoms with E-state index in [-0.39, 0.29) is 24.5 Å². The number of urea groups is 1. The first-order valence-electron chi connectivity index (χ1n) is 24.5. The molecule has 1 aromatic heterocycles. The summed E-state index contributed by atoms with van der Waals surface area (Å²) >= 11 is 0. The number of piperazine rings is 1. The number of phenolic OH excluding ortho intramolecular Hbond substituents is 1. The minimum Gasteiger partial charge on any atom is -0.508 e. The second kappa shape index (κ2) is 19.0. The molecule has 3 saturated heterocycles. The Hall–Kier alpha value is -8.08. The molecule has 1 spiro atoms. The Balaban J connectivity index is 1.16. The molecule has 2 N–H and O–H groups in total. The zero-order valence-electron chi connectivity index (χ0n) is 39.3. The standard InChI is InChI=1S/C58H53N7O6/c1-38(41-17-8-3-9-18-41)61-57(70)64-47-30-25-40(24-23-39-15-6-2-7-16-39)37-46(47)58(55(64)69)48(53(67)62-33-35-63(36-34-62)56-59-31-14-32-60-56)50-54(68)71-51(43-21-12-5-13-22-43)49(42-19-10-4-11-20-42)65(50)52(58)44-26-28-45(66)29-27-44/h3-5,8-15,17-22,25-32,37-38,48-52,66H,2,6-7,16,33-36H2,1H3,(H,61,70). The van der Waals surface area contributed by atoms with Crippen LogP contribution in [0.2, 0.25) is 0 Å². The number of carbonyl (C=O) groups excluding carboxylic acids is 4. The molecule has 0 radical (unpaired) electrons. The Kier molecular flexibility index (Phi) is 12.2. The first-order chi connectivity index (χ1) is 34.7. The van der Waals surface area contributed by atoms with Crippen LogP contribution in [0.1, 0.15) is 90.2 Å². The van der Waals surface area contributed by atoms with Gasteiger partial charge in [-0.2, -0.15) is 0 Å². The number of ether oxygens (including phenoxy) is 1. The summed E-state index contributed by atoms with van der Waals surface area (Å²) in [7, 11) is 0. The molecule has 356 valence electrons. The van der Waals surface area contributed by atoms with Crippen molar-refractivity contribution in [2.45, 2.75) is 68.3 Å². The second-order valence-electron chi connectivity index (χ2n) is 18.9. The third kappa shape index (κ3) is 8.08. The van der Waals surface area contributed by atoms with E-state index in [1.807, 2.05) is 120 Å². The fraction of sp³-hybridized carbons (Fsp3) is 0.276. The van der Waals surface area contributed by atoms with E-state index in [9.17, 15) is 5.11 Å². The number of carbonyl (C=O) groups is 4. The Morgan fingerprint density at radius 3 is 2.11 bits per heavy atom. The zero-order chi connectivity index (χ0) is 48.6. The van der Waals surface area contributed by atoms with Gasteiger partial charge in [-0.05, 0) is 102 Å². The van der Waals surface area contributed by atoms with Crippen LogP contribution >= 0.6 is 0 Å². The molecule has 4 amide bonds. The van der Waals surface area contributed by atoms with E-state index in [1.54, 1.807) is 53.7 Å². The van der Waals surface area contributed by atoms with Crippen molar-refractivity contribution in [3.8, 4) is 17.6 Å². The van der Waals surface area contributed by atoms with Crippen molar-refractivity contribution in [1.29, 1.82) is 0 Å². The molecule has 1 aliphatic carbocycles. The molecule has 0 bridgehead atoms. The normalized spacial score (nSPS) is 24.3. The molecule has 0 saturated carbocycles. The van der Waals surface area contributed by atoms with Gasteiger partial charge in [-0.3, -0.25) is 19.3 Å². The van der Waals surface area contributed by atoms with E-state index in [4.69, 9.17) is 4.74 Å². The van der Waals surface area contributed by atoms with Crippen LogP contribution in [-0.4, -0.2) is 80.9 Å². The molecule has 71 heavy (non-hydrogen) atoms. The van der Waals surface area contributed by atoms with E-state index in [0.717, 1.165) is 47.9 Å². The van der Waals surface area contributed by atoms with E-state index < -0.39 is 65.4 Å². The average Bonchev–Trinajstić information content (AvgIpc) is 3.88. The molecule has 5 aromatic carbocycles. The monoisotopic (exact) mass is 943 g/mol. The number of fused-ring (bicyclic) bond motifs is 3. The summed E-state index contributed by atoms with van der Waals surface area (Å²) in [6.45, 7) is 3.12. The van der Waals surface area contributed by atoms with E-state index in [1.165, 1.54) is 4.90 Å². The smallest absolute Gasteiger partial charge is 0.329 e. The highest BCUT2D eigenvalue weighted by molar-refractivity contribution is 6.24. The van der Waals surface area contributed by atoms with Crippen LogP contribution in [0.4, 0.5) is 16.4 Å². The maximum atomic E-state index is 16.8. The van der Waals surface area contributed by atoms with Gasteiger partial charge in [-0.15, -0.1) is 0 Å². The molecule has 13 nitrogen and oxygen atoms in total. The first-order valence-corrected chi connectivity index (χ1v) is 24.5. The quantitative estimate of drug-likeness (QED) is 0.118. The second-order valence-corrected chi connectivity index (χ2v) is 18.9. The summed E-state index contributed by atoms with van der Waals surface area (Å²) in [6, 6.07) is 38.1. The number of aromatic hydroxyl groups is 1. The number of hydrogen-bond acceptors (Lipinski definition) is 10. The number of cyclic esters (lactones) is 1. The first kappa shape index (κ1) is 45.4. The van der Waals surface area contributed by atoms with Crippen molar-refractivity contribution in [3.63, 3.8) is 0 Å². The van der Waals surface area contributed by atoms with Gasteiger partial charge in [0, 0.05) is 44.1 Å².